The van der Waals surface area contributed by atoms with Crippen LogP contribution in [0, 0.1) is 0 Å². The molecule has 4 heterocycles. The molecule has 0 spiro atoms. The Bertz CT molecular complexity index is 500. The van der Waals surface area contributed by atoms with Crippen LogP contribution in [0.15, 0.2) is 0 Å². The van der Waals surface area contributed by atoms with Crippen LogP contribution in [-0.2, 0) is 0 Å². The van der Waals surface area contributed by atoms with E-state index in [1.807, 2.05) is 23.9 Å². The number of fused-ring (bicyclic) bond motifs is 1. The molecular formula is C18H34N6O2+2. The normalized spacial score (nSPS) is 31.3. The van der Waals surface area contributed by atoms with Gasteiger partial charge in [0, 0.05) is 14.1 Å². The van der Waals surface area contributed by atoms with E-state index in [1.165, 1.54) is 48.3 Å². The zero-order valence-corrected chi connectivity index (χ0v) is 16.2. The number of nitrogens with one attached hydrogen (secondary N) is 2. The maximum absolute atomic E-state index is 12.9. The molecule has 0 aromatic heterocycles. The van der Waals surface area contributed by atoms with Gasteiger partial charge in [-0.15, -0.1) is 0 Å². The average Bonchev–Trinajstić information content (AvgIpc) is 3.05. The van der Waals surface area contributed by atoms with Gasteiger partial charge in [0.15, 0.2) is 19.5 Å². The molecule has 4 rings (SSSR count). The Morgan fingerprint density at radius 1 is 0.692 bits per heavy atom. The van der Waals surface area contributed by atoms with Gasteiger partial charge in [0.1, 0.15) is 6.17 Å². The van der Waals surface area contributed by atoms with Gasteiger partial charge in [0.2, 0.25) is 0 Å². The van der Waals surface area contributed by atoms with Crippen molar-refractivity contribution in [3.05, 3.63) is 0 Å². The van der Waals surface area contributed by atoms with Crippen LogP contribution >= 0.6 is 0 Å². The van der Waals surface area contributed by atoms with Crippen LogP contribution in [-0.4, -0.2) is 97.6 Å². The summed E-state index contributed by atoms with van der Waals surface area (Å²) in [5, 5.41) is 0. The smallest absolute Gasteiger partial charge is 0.318 e. The number of carbonyl (C=O) groups is 2. The standard InChI is InChI=1S/C18H32N6O2/c1-19-15-16(23(17(19)25)13-21-9-5-3-6-10-21)24(18(26)20(15)2)14-22-11-7-4-8-12-22/h15-16H,3-14H2,1-2H3/p+2. The van der Waals surface area contributed by atoms with E-state index in [4.69, 9.17) is 0 Å². The third kappa shape index (κ3) is 3.03. The first-order valence-electron chi connectivity index (χ1n) is 10.3. The fourth-order valence-electron chi connectivity index (χ4n) is 5.23. The largest absolute Gasteiger partial charge is 0.327 e. The second kappa shape index (κ2) is 7.23. The van der Waals surface area contributed by atoms with Gasteiger partial charge in [-0.1, -0.05) is 0 Å². The highest BCUT2D eigenvalue weighted by Crippen LogP contribution is 2.31. The SMILES string of the molecule is CN1C(=O)N(C[NH+]2CCCCC2)C2C1N(C)C(=O)N2C[NH+]1CCCCC1. The molecule has 26 heavy (non-hydrogen) atoms. The average molecular weight is 367 g/mol. The molecule has 0 aromatic rings. The van der Waals surface area contributed by atoms with Gasteiger partial charge in [0.05, 0.1) is 26.2 Å². The lowest BCUT2D eigenvalue weighted by Crippen LogP contribution is -3.15. The Labute approximate surface area is 156 Å². The van der Waals surface area contributed by atoms with Crippen LogP contribution < -0.4 is 9.80 Å². The third-order valence-corrected chi connectivity index (χ3v) is 6.70. The summed E-state index contributed by atoms with van der Waals surface area (Å²) in [4.78, 5) is 36.3. The van der Waals surface area contributed by atoms with E-state index in [0.29, 0.717) is 0 Å². The summed E-state index contributed by atoms with van der Waals surface area (Å²) in [6.07, 6.45) is 7.24. The van der Waals surface area contributed by atoms with Crippen LogP contribution in [0.5, 0.6) is 0 Å². The second-order valence-corrected chi connectivity index (χ2v) is 8.49. The molecular weight excluding hydrogens is 332 g/mol. The number of rotatable bonds is 4. The summed E-state index contributed by atoms with van der Waals surface area (Å²) in [5.74, 6) is 0. The monoisotopic (exact) mass is 366 g/mol. The van der Waals surface area contributed by atoms with Crippen molar-refractivity contribution in [1.29, 1.82) is 0 Å². The number of hydrogen-bond acceptors (Lipinski definition) is 2. The molecule has 4 aliphatic heterocycles. The van der Waals surface area contributed by atoms with Crippen molar-refractivity contribution in [2.45, 2.75) is 50.9 Å². The van der Waals surface area contributed by atoms with E-state index in [2.05, 4.69) is 0 Å². The number of likely N-dealkylation sites (N-methyl/N-ethyl adjacent to an activating group) is 2. The first kappa shape index (κ1) is 17.9. The minimum atomic E-state index is -0.164. The van der Waals surface area contributed by atoms with E-state index in [0.717, 1.165) is 39.5 Å². The van der Waals surface area contributed by atoms with Crippen LogP contribution in [0.25, 0.3) is 0 Å². The quantitative estimate of drug-likeness (QED) is 0.631. The Kier molecular flexibility index (Phi) is 4.96. The molecule has 2 N–H and O–H groups in total. The fourth-order valence-corrected chi connectivity index (χ4v) is 5.23. The predicted octanol–water partition coefficient (Wildman–Crippen LogP) is -1.57. The molecule has 0 radical (unpaired) electrons. The van der Waals surface area contributed by atoms with Crippen molar-refractivity contribution in [3.63, 3.8) is 0 Å². The van der Waals surface area contributed by atoms with Gasteiger partial charge in [0.25, 0.3) is 0 Å². The number of quaternary nitrogens is 2. The van der Waals surface area contributed by atoms with Gasteiger partial charge in [-0.3, -0.25) is 9.80 Å². The zero-order valence-electron chi connectivity index (χ0n) is 16.2. The molecule has 0 atom stereocenters. The Morgan fingerprint density at radius 3 is 1.46 bits per heavy atom. The molecule has 0 aromatic carbocycles. The summed E-state index contributed by atoms with van der Waals surface area (Å²) in [7, 11) is 3.68. The summed E-state index contributed by atoms with van der Waals surface area (Å²) < 4.78 is 0. The number of amides is 4. The van der Waals surface area contributed by atoms with Gasteiger partial charge in [-0.2, -0.15) is 0 Å². The van der Waals surface area contributed by atoms with Crippen LogP contribution in [0.3, 0.4) is 0 Å². The van der Waals surface area contributed by atoms with Crippen molar-refractivity contribution in [2.24, 2.45) is 0 Å². The van der Waals surface area contributed by atoms with Crippen molar-refractivity contribution < 1.29 is 19.4 Å². The maximum Gasteiger partial charge on any atom is 0.327 e. The molecule has 4 saturated heterocycles. The van der Waals surface area contributed by atoms with Crippen LogP contribution in [0.2, 0.25) is 0 Å². The van der Waals surface area contributed by atoms with E-state index < -0.39 is 0 Å². The van der Waals surface area contributed by atoms with Gasteiger partial charge in [-0.05, 0) is 38.5 Å². The Morgan fingerprint density at radius 2 is 1.08 bits per heavy atom. The van der Waals surface area contributed by atoms with E-state index in [1.54, 1.807) is 9.80 Å². The molecule has 4 aliphatic rings. The third-order valence-electron chi connectivity index (χ3n) is 6.70. The minimum absolute atomic E-state index is 0.0658. The molecule has 0 saturated carbocycles. The Balaban J connectivity index is 1.53. The molecule has 4 amide bonds. The van der Waals surface area contributed by atoms with Crippen molar-refractivity contribution in [1.82, 2.24) is 19.6 Å². The number of carbonyl (C=O) groups excluding carboxylic acids is 2. The maximum atomic E-state index is 12.9. The summed E-state index contributed by atoms with van der Waals surface area (Å²) in [5.41, 5.74) is 0. The highest BCUT2D eigenvalue weighted by atomic mass is 16.2. The van der Waals surface area contributed by atoms with Crippen molar-refractivity contribution in [2.75, 3.05) is 53.6 Å². The molecule has 0 unspecified atom stereocenters. The van der Waals surface area contributed by atoms with Crippen molar-refractivity contribution in [3.8, 4) is 0 Å². The first-order chi connectivity index (χ1) is 12.6. The number of hydrogen-bond donors (Lipinski definition) is 2. The topological polar surface area (TPSA) is 56.0 Å². The number of likely N-dealkylation sites (tertiary alicyclic amines) is 2. The lowest BCUT2D eigenvalue weighted by molar-refractivity contribution is -0.918. The Hall–Kier alpha value is -1.54. The first-order valence-corrected chi connectivity index (χ1v) is 10.3. The van der Waals surface area contributed by atoms with Gasteiger partial charge < -0.3 is 19.6 Å². The molecule has 8 nitrogen and oxygen atoms in total. The molecule has 146 valence electrons. The number of urea groups is 2. The molecule has 8 heteroatoms. The molecule has 0 aliphatic carbocycles. The van der Waals surface area contributed by atoms with Crippen LogP contribution in [0.1, 0.15) is 38.5 Å². The lowest BCUT2D eigenvalue weighted by Gasteiger charge is -2.34. The van der Waals surface area contributed by atoms with Crippen molar-refractivity contribution >= 4 is 12.1 Å². The molecule has 4 fully saturated rings. The summed E-state index contributed by atoms with van der Waals surface area (Å²) in [6.45, 7) is 5.96. The van der Waals surface area contributed by atoms with E-state index in [-0.39, 0.29) is 24.4 Å². The van der Waals surface area contributed by atoms with Gasteiger partial charge >= 0.3 is 12.1 Å². The number of nitrogens with zero attached hydrogens (tertiary/aromatic N) is 4. The number of piperidine rings is 2. The predicted molar refractivity (Wildman–Crippen MR) is 96.4 cm³/mol. The van der Waals surface area contributed by atoms with E-state index >= 15 is 0 Å². The lowest BCUT2D eigenvalue weighted by atomic mass is 10.1. The van der Waals surface area contributed by atoms with Gasteiger partial charge in [-0.25, -0.2) is 9.59 Å². The summed E-state index contributed by atoms with van der Waals surface area (Å²) in [6, 6.07) is 0.132. The molecule has 0 bridgehead atoms. The zero-order chi connectivity index (χ0) is 18.3. The minimum Gasteiger partial charge on any atom is -0.318 e. The summed E-state index contributed by atoms with van der Waals surface area (Å²) >= 11 is 0. The van der Waals surface area contributed by atoms with E-state index in [9.17, 15) is 9.59 Å². The fraction of sp³-hybridized carbons (Fsp3) is 0.889. The highest BCUT2D eigenvalue weighted by molar-refractivity contribution is 5.84. The highest BCUT2D eigenvalue weighted by Gasteiger charge is 2.58. The van der Waals surface area contributed by atoms with Crippen LogP contribution in [0.4, 0.5) is 9.59 Å². The second-order valence-electron chi connectivity index (χ2n) is 8.49.